The van der Waals surface area contributed by atoms with E-state index in [0.29, 0.717) is 0 Å². The van der Waals surface area contributed by atoms with Gasteiger partial charge in [0.2, 0.25) is 0 Å². The number of rotatable bonds is 8. The number of phenolic OH excluding ortho intramolecular Hbond substituents is 1. The molecule has 0 saturated heterocycles. The summed E-state index contributed by atoms with van der Waals surface area (Å²) in [4.78, 5) is 45.8. The van der Waals surface area contributed by atoms with Crippen LogP contribution in [0.3, 0.4) is 0 Å². The molecule has 210 valence electrons. The number of fused-ring (bicyclic) bond motifs is 4. The number of nitrogens with one attached hydrogen (secondary N) is 2. The van der Waals surface area contributed by atoms with Crippen LogP contribution >= 0.6 is 0 Å². The molecule has 0 saturated carbocycles. The molecule has 9 heteroatoms. The number of ketones is 2. The molecule has 1 aliphatic carbocycles. The molecular formula is C32H30N2O7. The summed E-state index contributed by atoms with van der Waals surface area (Å²) in [5, 5.41) is 16.1. The van der Waals surface area contributed by atoms with E-state index in [1.807, 2.05) is 43.3 Å². The van der Waals surface area contributed by atoms with Crippen LogP contribution in [0.4, 0.5) is 0 Å². The normalized spacial score (nSPS) is 18.7. The number of carbonyl (C=O) groups is 3. The topological polar surface area (TPSA) is 123 Å². The Labute approximate surface area is 237 Å². The number of hydroxylamine groups is 1. The first-order valence-electron chi connectivity index (χ1n) is 13.0. The summed E-state index contributed by atoms with van der Waals surface area (Å²) in [5.74, 6) is -2.01. The summed E-state index contributed by atoms with van der Waals surface area (Å²) >= 11 is 0. The van der Waals surface area contributed by atoms with Crippen LogP contribution in [0, 0.1) is 6.92 Å². The number of aromatic hydroxyl groups is 1. The van der Waals surface area contributed by atoms with Gasteiger partial charge in [-0.25, -0.2) is 0 Å². The second-order valence-electron chi connectivity index (χ2n) is 10.1. The first kappa shape index (κ1) is 27.7. The van der Waals surface area contributed by atoms with E-state index in [1.165, 1.54) is 32.3 Å². The van der Waals surface area contributed by atoms with Gasteiger partial charge in [0.1, 0.15) is 28.2 Å². The number of carbonyl (C=O) groups excluding carboxylic acids is 3. The molecule has 0 unspecified atom stereocenters. The Hall–Kier alpha value is -4.89. The Morgan fingerprint density at radius 2 is 1.95 bits per heavy atom. The average Bonchev–Trinajstić information content (AvgIpc) is 3.25. The number of methoxy groups -OCH3 is 1. The Bertz CT molecular complexity index is 1700. The maximum atomic E-state index is 13.9. The van der Waals surface area contributed by atoms with E-state index in [-0.39, 0.29) is 58.6 Å². The lowest BCUT2D eigenvalue weighted by Crippen LogP contribution is -2.41. The van der Waals surface area contributed by atoms with Crippen LogP contribution in [0.25, 0.3) is 10.8 Å². The van der Waals surface area contributed by atoms with Crippen LogP contribution in [0.15, 0.2) is 78.2 Å². The molecule has 0 spiro atoms. The summed E-state index contributed by atoms with van der Waals surface area (Å²) in [7, 11) is 1.36. The van der Waals surface area contributed by atoms with Gasteiger partial charge >= 0.3 is 0 Å². The van der Waals surface area contributed by atoms with Crippen LogP contribution in [0.5, 0.6) is 17.2 Å². The van der Waals surface area contributed by atoms with Crippen LogP contribution in [-0.4, -0.2) is 36.3 Å². The van der Waals surface area contributed by atoms with Gasteiger partial charge in [-0.3, -0.25) is 24.7 Å². The molecule has 0 radical (unpaired) electrons. The smallest absolute Gasteiger partial charge is 0.259 e. The van der Waals surface area contributed by atoms with Crippen molar-refractivity contribution in [2.75, 3.05) is 13.7 Å². The van der Waals surface area contributed by atoms with Gasteiger partial charge in [0.05, 0.1) is 24.9 Å². The third kappa shape index (κ3) is 4.44. The first-order chi connectivity index (χ1) is 19.6. The van der Waals surface area contributed by atoms with Crippen molar-refractivity contribution in [3.05, 3.63) is 100 Å². The molecule has 2 aliphatic rings. The Kier molecular flexibility index (Phi) is 7.15. The number of ether oxygens (including phenoxy) is 2. The van der Waals surface area contributed by atoms with Gasteiger partial charge < -0.3 is 19.9 Å². The van der Waals surface area contributed by atoms with Crippen molar-refractivity contribution >= 4 is 28.2 Å². The number of hydrogen-bond donors (Lipinski definition) is 3. The second kappa shape index (κ2) is 10.6. The fourth-order valence-corrected chi connectivity index (χ4v) is 5.42. The fourth-order valence-electron chi connectivity index (χ4n) is 5.42. The van der Waals surface area contributed by atoms with Crippen LogP contribution in [0.1, 0.15) is 40.9 Å². The standard InChI is InChI=1S/C32H30N2O7/c1-6-13-40-34-18(3)26-22(35)15-25-32(4,30(26)37)28-23(36)14-24(39-5)27(29(28)41-25)31(38)33-16-21-17(2)11-12-19-9-7-8-10-20(19)21/h6-12,14-15,34,36H,1,13,16H2,2-5H3,(H,33,38)/t32-/m1/s1. The lowest BCUT2D eigenvalue weighted by atomic mass is 9.70. The van der Waals surface area contributed by atoms with Crippen LogP contribution < -0.4 is 20.3 Å². The molecule has 9 nitrogen and oxygen atoms in total. The van der Waals surface area contributed by atoms with Gasteiger partial charge in [-0.1, -0.05) is 42.5 Å². The number of benzene rings is 3. The van der Waals surface area contributed by atoms with E-state index in [4.69, 9.17) is 14.3 Å². The molecule has 3 aromatic carbocycles. The van der Waals surface area contributed by atoms with Gasteiger partial charge in [0, 0.05) is 24.4 Å². The van der Waals surface area contributed by atoms with E-state index in [0.717, 1.165) is 21.9 Å². The molecule has 1 atom stereocenters. The van der Waals surface area contributed by atoms with E-state index >= 15 is 0 Å². The number of aryl methyl sites for hydroxylation is 1. The lowest BCUT2D eigenvalue weighted by Gasteiger charge is -2.28. The number of allylic oxidation sites excluding steroid dienone is 4. The van der Waals surface area contributed by atoms with Crippen molar-refractivity contribution in [2.24, 2.45) is 0 Å². The Morgan fingerprint density at radius 3 is 2.68 bits per heavy atom. The van der Waals surface area contributed by atoms with Gasteiger partial charge in [-0.05, 0) is 42.7 Å². The summed E-state index contributed by atoms with van der Waals surface area (Å²) in [6.07, 6.45) is 2.71. The zero-order valence-electron chi connectivity index (χ0n) is 23.2. The van der Waals surface area contributed by atoms with Crippen molar-refractivity contribution in [3.63, 3.8) is 0 Å². The van der Waals surface area contributed by atoms with Crippen molar-refractivity contribution in [3.8, 4) is 17.2 Å². The number of hydrogen-bond acceptors (Lipinski definition) is 8. The zero-order chi connectivity index (χ0) is 29.5. The SMILES string of the molecule is C=CCONC(C)=C1C(=O)C=C2Oc3c(C(=O)NCc4c(C)ccc5ccccc45)c(OC)cc(O)c3[C@]2(C)C1=O. The Balaban J connectivity index is 1.56. The highest BCUT2D eigenvalue weighted by Crippen LogP contribution is 2.56. The lowest BCUT2D eigenvalue weighted by molar-refractivity contribution is -0.123. The van der Waals surface area contributed by atoms with Gasteiger partial charge in [-0.15, -0.1) is 6.58 Å². The number of Topliss-reactive ketones (excluding diaryl/α,β-unsaturated/α-hetero) is 1. The summed E-state index contributed by atoms with van der Waals surface area (Å²) < 4.78 is 11.5. The largest absolute Gasteiger partial charge is 0.507 e. The van der Waals surface area contributed by atoms with E-state index in [2.05, 4.69) is 17.4 Å². The minimum absolute atomic E-state index is 0.00431. The minimum atomic E-state index is -1.57. The van der Waals surface area contributed by atoms with Gasteiger partial charge in [0.15, 0.2) is 17.3 Å². The predicted molar refractivity (Wildman–Crippen MR) is 153 cm³/mol. The number of phenols is 1. The quantitative estimate of drug-likeness (QED) is 0.123. The molecule has 3 N–H and O–H groups in total. The summed E-state index contributed by atoms with van der Waals surface area (Å²) in [6.45, 7) is 8.98. The average molecular weight is 555 g/mol. The predicted octanol–water partition coefficient (Wildman–Crippen LogP) is 4.46. The summed E-state index contributed by atoms with van der Waals surface area (Å²) in [5.41, 5.74) is 3.11. The minimum Gasteiger partial charge on any atom is -0.507 e. The first-order valence-corrected chi connectivity index (χ1v) is 13.0. The fraction of sp³-hybridized carbons (Fsp3) is 0.219. The van der Waals surface area contributed by atoms with Crippen LogP contribution in [0.2, 0.25) is 0 Å². The van der Waals surface area contributed by atoms with Crippen molar-refractivity contribution in [1.82, 2.24) is 10.8 Å². The molecule has 0 bridgehead atoms. The van der Waals surface area contributed by atoms with Crippen molar-refractivity contribution in [1.29, 1.82) is 0 Å². The maximum Gasteiger partial charge on any atom is 0.259 e. The third-order valence-electron chi connectivity index (χ3n) is 7.57. The molecule has 5 rings (SSSR count). The molecule has 1 amide bonds. The highest BCUT2D eigenvalue weighted by atomic mass is 16.6. The molecule has 41 heavy (non-hydrogen) atoms. The molecule has 0 aromatic heterocycles. The van der Waals surface area contributed by atoms with Crippen LogP contribution in [-0.2, 0) is 26.4 Å². The number of amides is 1. The maximum absolute atomic E-state index is 13.9. The molecular weight excluding hydrogens is 524 g/mol. The molecule has 1 heterocycles. The highest BCUT2D eigenvalue weighted by Gasteiger charge is 2.56. The second-order valence-corrected chi connectivity index (χ2v) is 10.1. The van der Waals surface area contributed by atoms with E-state index in [1.54, 1.807) is 6.92 Å². The molecule has 0 fully saturated rings. The molecule has 1 aliphatic heterocycles. The monoisotopic (exact) mass is 554 g/mol. The summed E-state index contributed by atoms with van der Waals surface area (Å²) in [6, 6.07) is 13.2. The van der Waals surface area contributed by atoms with Crippen molar-refractivity contribution < 1.29 is 33.8 Å². The zero-order valence-corrected chi connectivity index (χ0v) is 23.2. The van der Waals surface area contributed by atoms with E-state index in [9.17, 15) is 19.5 Å². The van der Waals surface area contributed by atoms with Crippen molar-refractivity contribution in [2.45, 2.75) is 32.7 Å². The Morgan fingerprint density at radius 1 is 1.20 bits per heavy atom. The third-order valence-corrected chi connectivity index (χ3v) is 7.57. The van der Waals surface area contributed by atoms with E-state index < -0.39 is 22.9 Å². The molecule has 3 aromatic rings. The van der Waals surface area contributed by atoms with Gasteiger partial charge in [0.25, 0.3) is 5.91 Å². The van der Waals surface area contributed by atoms with Gasteiger partial charge in [-0.2, -0.15) is 0 Å². The highest BCUT2D eigenvalue weighted by molar-refractivity contribution is 6.31.